The summed E-state index contributed by atoms with van der Waals surface area (Å²) >= 11 is 4.80. The predicted octanol–water partition coefficient (Wildman–Crippen LogP) is 3.10. The third kappa shape index (κ3) is 3.49. The molecular formula is C16H17FN2OS. The molecule has 0 atom stereocenters. The zero-order valence-corrected chi connectivity index (χ0v) is 12.8. The molecule has 21 heavy (non-hydrogen) atoms. The normalized spacial score (nSPS) is 10.2. The third-order valence-electron chi connectivity index (χ3n) is 3.26. The fourth-order valence-corrected chi connectivity index (χ4v) is 2.29. The number of hydrogen-bond donors (Lipinski definition) is 1. The summed E-state index contributed by atoms with van der Waals surface area (Å²) in [5.74, 6) is 0.399. The van der Waals surface area contributed by atoms with Crippen molar-refractivity contribution in [2.24, 2.45) is 5.73 Å². The SMILES string of the molecule is COc1ccccc1CN(C)c1ccc(C(N)=S)c(F)c1. The van der Waals surface area contributed by atoms with Crippen LogP contribution in [0.3, 0.4) is 0 Å². The summed E-state index contributed by atoms with van der Waals surface area (Å²) in [4.78, 5) is 2.00. The largest absolute Gasteiger partial charge is 0.496 e. The molecule has 5 heteroatoms. The van der Waals surface area contributed by atoms with Crippen LogP contribution in [0.15, 0.2) is 42.5 Å². The lowest BCUT2D eigenvalue weighted by Gasteiger charge is -2.21. The maximum Gasteiger partial charge on any atom is 0.135 e. The third-order valence-corrected chi connectivity index (χ3v) is 3.48. The lowest BCUT2D eigenvalue weighted by Crippen LogP contribution is -2.18. The number of ether oxygens (including phenoxy) is 1. The Bertz CT molecular complexity index is 660. The van der Waals surface area contributed by atoms with Crippen molar-refractivity contribution in [3.63, 3.8) is 0 Å². The monoisotopic (exact) mass is 304 g/mol. The van der Waals surface area contributed by atoms with Gasteiger partial charge < -0.3 is 15.4 Å². The Hall–Kier alpha value is -2.14. The molecule has 0 heterocycles. The van der Waals surface area contributed by atoms with Crippen LogP contribution < -0.4 is 15.4 Å². The minimum absolute atomic E-state index is 0.0615. The second-order valence-electron chi connectivity index (χ2n) is 4.70. The fraction of sp³-hybridized carbons (Fsp3) is 0.188. The maximum atomic E-state index is 13.9. The van der Waals surface area contributed by atoms with Gasteiger partial charge in [0.15, 0.2) is 0 Å². The Morgan fingerprint density at radius 3 is 2.62 bits per heavy atom. The zero-order valence-electron chi connectivity index (χ0n) is 12.0. The van der Waals surface area contributed by atoms with Crippen LogP contribution >= 0.6 is 12.2 Å². The molecule has 2 aromatic carbocycles. The lowest BCUT2D eigenvalue weighted by molar-refractivity contribution is 0.409. The molecule has 0 aliphatic carbocycles. The predicted molar refractivity (Wildman–Crippen MR) is 87.4 cm³/mol. The van der Waals surface area contributed by atoms with Gasteiger partial charge in [-0.25, -0.2) is 4.39 Å². The van der Waals surface area contributed by atoms with Crippen LogP contribution in [0.1, 0.15) is 11.1 Å². The molecular weight excluding hydrogens is 287 g/mol. The van der Waals surface area contributed by atoms with E-state index in [-0.39, 0.29) is 10.6 Å². The Labute approximate surface area is 129 Å². The minimum atomic E-state index is -0.410. The van der Waals surface area contributed by atoms with E-state index in [1.807, 2.05) is 36.2 Å². The first-order valence-electron chi connectivity index (χ1n) is 6.45. The Balaban J connectivity index is 2.22. The number of hydrogen-bond acceptors (Lipinski definition) is 3. The van der Waals surface area contributed by atoms with Crippen LogP contribution in [-0.4, -0.2) is 19.1 Å². The molecule has 0 radical (unpaired) electrons. The molecule has 110 valence electrons. The first-order chi connectivity index (χ1) is 10.0. The van der Waals surface area contributed by atoms with Crippen molar-refractivity contribution in [1.29, 1.82) is 0 Å². The summed E-state index contributed by atoms with van der Waals surface area (Å²) in [5, 5.41) is 0. The highest BCUT2D eigenvalue weighted by atomic mass is 32.1. The second kappa shape index (κ2) is 6.54. The van der Waals surface area contributed by atoms with Crippen LogP contribution in [-0.2, 0) is 6.54 Å². The molecule has 0 aliphatic rings. The van der Waals surface area contributed by atoms with Gasteiger partial charge in [-0.05, 0) is 24.3 Å². The lowest BCUT2D eigenvalue weighted by atomic mass is 10.1. The molecule has 0 aliphatic heterocycles. The summed E-state index contributed by atoms with van der Waals surface area (Å²) < 4.78 is 19.2. The van der Waals surface area contributed by atoms with Crippen LogP contribution in [0.4, 0.5) is 10.1 Å². The smallest absolute Gasteiger partial charge is 0.135 e. The van der Waals surface area contributed by atoms with Crippen molar-refractivity contribution in [3.8, 4) is 5.75 Å². The van der Waals surface area contributed by atoms with E-state index in [0.717, 1.165) is 17.0 Å². The number of thiocarbonyl (C=S) groups is 1. The van der Waals surface area contributed by atoms with Gasteiger partial charge in [0.2, 0.25) is 0 Å². The highest BCUT2D eigenvalue weighted by Crippen LogP contribution is 2.23. The number of benzene rings is 2. The summed E-state index contributed by atoms with van der Waals surface area (Å²) in [6.07, 6.45) is 0. The summed E-state index contributed by atoms with van der Waals surface area (Å²) in [6.45, 7) is 0.607. The molecule has 2 rings (SSSR count). The van der Waals surface area contributed by atoms with Crippen molar-refractivity contribution in [2.45, 2.75) is 6.54 Å². The molecule has 0 amide bonds. The van der Waals surface area contributed by atoms with E-state index in [1.54, 1.807) is 19.2 Å². The van der Waals surface area contributed by atoms with E-state index in [0.29, 0.717) is 6.54 Å². The number of nitrogens with zero attached hydrogens (tertiary/aromatic N) is 1. The van der Waals surface area contributed by atoms with Crippen LogP contribution in [0.25, 0.3) is 0 Å². The molecule has 2 N–H and O–H groups in total. The highest BCUT2D eigenvalue weighted by molar-refractivity contribution is 7.80. The molecule has 0 spiro atoms. The number of para-hydroxylation sites is 1. The molecule has 2 aromatic rings. The van der Waals surface area contributed by atoms with E-state index in [1.165, 1.54) is 6.07 Å². The van der Waals surface area contributed by atoms with Crippen molar-refractivity contribution in [2.75, 3.05) is 19.1 Å². The Morgan fingerprint density at radius 2 is 2.00 bits per heavy atom. The van der Waals surface area contributed by atoms with Crippen LogP contribution in [0, 0.1) is 5.82 Å². The number of anilines is 1. The van der Waals surface area contributed by atoms with Gasteiger partial charge in [-0.15, -0.1) is 0 Å². The van der Waals surface area contributed by atoms with Crippen LogP contribution in [0.2, 0.25) is 0 Å². The Kier molecular flexibility index (Phi) is 4.75. The van der Waals surface area contributed by atoms with E-state index < -0.39 is 5.82 Å². The second-order valence-corrected chi connectivity index (χ2v) is 5.14. The standard InChI is InChI=1S/C16H17FN2OS/c1-19(10-11-5-3-4-6-15(11)20-2)12-7-8-13(16(18)21)14(17)9-12/h3-9H,10H2,1-2H3,(H2,18,21). The van der Waals surface area contributed by atoms with E-state index in [2.05, 4.69) is 0 Å². The molecule has 0 saturated carbocycles. The fourth-order valence-electron chi connectivity index (χ4n) is 2.12. The average Bonchev–Trinajstić information content (AvgIpc) is 2.47. The molecule has 0 bridgehead atoms. The molecule has 0 aromatic heterocycles. The van der Waals surface area contributed by atoms with Gasteiger partial charge >= 0.3 is 0 Å². The summed E-state index contributed by atoms with van der Waals surface area (Å²) in [5.41, 5.74) is 7.50. The van der Waals surface area contributed by atoms with E-state index >= 15 is 0 Å². The summed E-state index contributed by atoms with van der Waals surface area (Å²) in [6, 6.07) is 12.6. The Morgan fingerprint density at radius 1 is 1.29 bits per heavy atom. The topological polar surface area (TPSA) is 38.5 Å². The number of nitrogens with two attached hydrogens (primary N) is 1. The van der Waals surface area contributed by atoms with Crippen molar-refractivity contribution < 1.29 is 9.13 Å². The maximum absolute atomic E-state index is 13.9. The van der Waals surface area contributed by atoms with Gasteiger partial charge in [-0.1, -0.05) is 30.4 Å². The molecule has 0 fully saturated rings. The van der Waals surface area contributed by atoms with Crippen molar-refractivity contribution >= 4 is 22.9 Å². The van der Waals surface area contributed by atoms with Gasteiger partial charge in [0, 0.05) is 30.4 Å². The molecule has 0 saturated heterocycles. The zero-order chi connectivity index (χ0) is 15.4. The van der Waals surface area contributed by atoms with E-state index in [4.69, 9.17) is 22.7 Å². The quantitative estimate of drug-likeness (QED) is 0.862. The number of halogens is 1. The van der Waals surface area contributed by atoms with Gasteiger partial charge in [-0.2, -0.15) is 0 Å². The first-order valence-corrected chi connectivity index (χ1v) is 6.86. The number of methoxy groups -OCH3 is 1. The first kappa shape index (κ1) is 15.3. The van der Waals surface area contributed by atoms with E-state index in [9.17, 15) is 4.39 Å². The van der Waals surface area contributed by atoms with Crippen molar-refractivity contribution in [1.82, 2.24) is 0 Å². The molecule has 3 nitrogen and oxygen atoms in total. The minimum Gasteiger partial charge on any atom is -0.496 e. The van der Waals surface area contributed by atoms with Gasteiger partial charge in [0.05, 0.1) is 7.11 Å². The number of rotatable bonds is 5. The van der Waals surface area contributed by atoms with Gasteiger partial charge in [0.1, 0.15) is 16.6 Å². The summed E-state index contributed by atoms with van der Waals surface area (Å²) in [7, 11) is 3.52. The van der Waals surface area contributed by atoms with Crippen LogP contribution in [0.5, 0.6) is 5.75 Å². The van der Waals surface area contributed by atoms with Crippen molar-refractivity contribution in [3.05, 3.63) is 59.4 Å². The molecule has 0 unspecified atom stereocenters. The average molecular weight is 304 g/mol. The van der Waals surface area contributed by atoms with Gasteiger partial charge in [0.25, 0.3) is 0 Å². The highest BCUT2D eigenvalue weighted by Gasteiger charge is 2.10. The van der Waals surface area contributed by atoms with Gasteiger partial charge in [-0.3, -0.25) is 0 Å².